The molecule has 5 rings (SSSR count). The van der Waals surface area contributed by atoms with Crippen molar-refractivity contribution in [3.8, 4) is 0 Å². The molecule has 5 fully saturated rings. The van der Waals surface area contributed by atoms with Gasteiger partial charge in [0.1, 0.15) is 12.6 Å². The lowest BCUT2D eigenvalue weighted by atomic mass is 9.48. The standard InChI is InChI=1S/C20H31N3O3/c1-11(2)17-18(25)23(19(26)22-17)10-16(24)21-12(3)20-7-13-4-14(8-20)6-15(5-13)9-20/h11-15,17H,4-10H2,1-3H3,(H,21,24)(H,22,26)/t12-,13?,14?,15?,17+,20?/m0/s1. The Morgan fingerprint density at radius 3 is 2.12 bits per heavy atom. The Labute approximate surface area is 155 Å². The molecule has 1 heterocycles. The Kier molecular flexibility index (Phi) is 4.27. The molecule has 0 aromatic rings. The molecule has 0 spiro atoms. The summed E-state index contributed by atoms with van der Waals surface area (Å²) in [6, 6.07) is -0.868. The van der Waals surface area contributed by atoms with Crippen molar-refractivity contribution in [2.24, 2.45) is 29.1 Å². The van der Waals surface area contributed by atoms with E-state index in [0.29, 0.717) is 0 Å². The van der Waals surface area contributed by atoms with Crippen LogP contribution in [0.15, 0.2) is 0 Å². The van der Waals surface area contributed by atoms with E-state index in [4.69, 9.17) is 0 Å². The van der Waals surface area contributed by atoms with Crippen molar-refractivity contribution in [1.82, 2.24) is 15.5 Å². The van der Waals surface area contributed by atoms with Crippen LogP contribution in [-0.2, 0) is 9.59 Å². The van der Waals surface area contributed by atoms with Gasteiger partial charge in [-0.3, -0.25) is 14.5 Å². The molecule has 1 saturated heterocycles. The van der Waals surface area contributed by atoms with Crippen LogP contribution < -0.4 is 10.6 Å². The number of hydrogen-bond acceptors (Lipinski definition) is 3. The Balaban J connectivity index is 1.38. The van der Waals surface area contributed by atoms with Crippen LogP contribution in [-0.4, -0.2) is 41.4 Å². The lowest BCUT2D eigenvalue weighted by Crippen LogP contribution is -2.57. The van der Waals surface area contributed by atoms with Crippen molar-refractivity contribution >= 4 is 17.8 Å². The molecule has 4 bridgehead atoms. The van der Waals surface area contributed by atoms with Crippen LogP contribution in [0.3, 0.4) is 0 Å². The van der Waals surface area contributed by atoms with E-state index in [0.717, 1.165) is 22.7 Å². The minimum atomic E-state index is -0.518. The van der Waals surface area contributed by atoms with Crippen LogP contribution in [0.4, 0.5) is 4.79 Å². The maximum absolute atomic E-state index is 12.6. The largest absolute Gasteiger partial charge is 0.352 e. The van der Waals surface area contributed by atoms with Gasteiger partial charge in [0.05, 0.1) is 0 Å². The topological polar surface area (TPSA) is 78.5 Å². The van der Waals surface area contributed by atoms with Crippen molar-refractivity contribution in [3.05, 3.63) is 0 Å². The summed E-state index contributed by atoms with van der Waals surface area (Å²) in [5.74, 6) is 2.00. The minimum absolute atomic E-state index is 0.0189. The molecule has 5 aliphatic rings. The molecule has 4 amide bonds. The lowest BCUT2D eigenvalue weighted by Gasteiger charge is -2.59. The van der Waals surface area contributed by atoms with Gasteiger partial charge in [-0.2, -0.15) is 0 Å². The molecule has 6 heteroatoms. The maximum Gasteiger partial charge on any atom is 0.325 e. The fraction of sp³-hybridized carbons (Fsp3) is 0.850. The normalized spacial score (nSPS) is 39.5. The number of imide groups is 1. The van der Waals surface area contributed by atoms with Gasteiger partial charge in [0.15, 0.2) is 0 Å². The fourth-order valence-electron chi connectivity index (χ4n) is 6.43. The zero-order valence-corrected chi connectivity index (χ0v) is 16.1. The predicted octanol–water partition coefficient (Wildman–Crippen LogP) is 2.28. The van der Waals surface area contributed by atoms with Gasteiger partial charge < -0.3 is 10.6 Å². The molecule has 0 aromatic heterocycles. The predicted molar refractivity (Wildman–Crippen MR) is 97.1 cm³/mol. The first-order valence-electron chi connectivity index (χ1n) is 10.2. The molecule has 4 aliphatic carbocycles. The molecule has 26 heavy (non-hydrogen) atoms. The highest BCUT2D eigenvalue weighted by Crippen LogP contribution is 2.61. The Morgan fingerprint density at radius 1 is 1.12 bits per heavy atom. The lowest BCUT2D eigenvalue weighted by molar-refractivity contribution is -0.134. The first kappa shape index (κ1) is 17.8. The summed E-state index contributed by atoms with van der Waals surface area (Å²) in [5.41, 5.74) is 0.224. The molecule has 0 radical (unpaired) electrons. The summed E-state index contributed by atoms with van der Waals surface area (Å²) in [6.45, 7) is 5.72. The number of hydrogen-bond donors (Lipinski definition) is 2. The maximum atomic E-state index is 12.6. The zero-order chi connectivity index (χ0) is 18.6. The summed E-state index contributed by atoms with van der Waals surface area (Å²) < 4.78 is 0. The van der Waals surface area contributed by atoms with Gasteiger partial charge in [-0.25, -0.2) is 4.79 Å². The number of amides is 4. The smallest absolute Gasteiger partial charge is 0.325 e. The number of nitrogens with zero attached hydrogens (tertiary/aromatic N) is 1. The first-order chi connectivity index (χ1) is 12.3. The van der Waals surface area contributed by atoms with Crippen LogP contribution in [0.2, 0.25) is 0 Å². The highest BCUT2D eigenvalue weighted by Gasteiger charge is 2.53. The molecular formula is C20H31N3O3. The third-order valence-corrected chi connectivity index (χ3v) is 7.41. The summed E-state index contributed by atoms with van der Waals surface area (Å²) in [5, 5.41) is 5.81. The first-order valence-corrected chi connectivity index (χ1v) is 10.2. The Morgan fingerprint density at radius 2 is 1.65 bits per heavy atom. The SMILES string of the molecule is CC(C)[C@H]1NC(=O)N(CC(=O)N[C@@H](C)C23CC4CC(CC(C4)C2)C3)C1=O. The third kappa shape index (κ3) is 2.91. The number of urea groups is 1. The van der Waals surface area contributed by atoms with Gasteiger partial charge in [0.2, 0.25) is 5.91 Å². The third-order valence-electron chi connectivity index (χ3n) is 7.41. The monoisotopic (exact) mass is 361 g/mol. The van der Waals surface area contributed by atoms with Gasteiger partial charge in [-0.05, 0) is 74.5 Å². The molecule has 6 nitrogen and oxygen atoms in total. The Bertz CT molecular complexity index is 595. The number of carbonyl (C=O) groups is 3. The summed E-state index contributed by atoms with van der Waals surface area (Å²) in [6.07, 6.45) is 7.79. The molecule has 144 valence electrons. The molecular weight excluding hydrogens is 330 g/mol. The molecule has 2 atom stereocenters. The fourth-order valence-corrected chi connectivity index (χ4v) is 6.43. The second-order valence-electron chi connectivity index (χ2n) is 9.66. The summed E-state index contributed by atoms with van der Waals surface area (Å²) in [7, 11) is 0. The van der Waals surface area contributed by atoms with E-state index in [2.05, 4.69) is 17.6 Å². The molecule has 1 aliphatic heterocycles. The number of carbonyl (C=O) groups excluding carboxylic acids is 3. The van der Waals surface area contributed by atoms with Gasteiger partial charge in [-0.1, -0.05) is 13.8 Å². The van der Waals surface area contributed by atoms with E-state index < -0.39 is 12.1 Å². The highest BCUT2D eigenvalue weighted by molar-refractivity contribution is 6.06. The van der Waals surface area contributed by atoms with Crippen molar-refractivity contribution in [2.45, 2.75) is 71.4 Å². The average molecular weight is 361 g/mol. The molecule has 0 aromatic carbocycles. The van der Waals surface area contributed by atoms with E-state index in [1.807, 2.05) is 13.8 Å². The quantitative estimate of drug-likeness (QED) is 0.738. The highest BCUT2D eigenvalue weighted by atomic mass is 16.2. The van der Waals surface area contributed by atoms with Crippen molar-refractivity contribution in [2.75, 3.05) is 6.54 Å². The summed E-state index contributed by atoms with van der Waals surface area (Å²) in [4.78, 5) is 38.1. The second kappa shape index (κ2) is 6.24. The molecule has 4 saturated carbocycles. The van der Waals surface area contributed by atoms with Crippen molar-refractivity contribution in [1.29, 1.82) is 0 Å². The number of nitrogens with one attached hydrogen (secondary N) is 2. The number of rotatable bonds is 5. The second-order valence-corrected chi connectivity index (χ2v) is 9.66. The average Bonchev–Trinajstić information content (AvgIpc) is 2.82. The van der Waals surface area contributed by atoms with E-state index in [9.17, 15) is 14.4 Å². The van der Waals surface area contributed by atoms with Crippen LogP contribution >= 0.6 is 0 Å². The van der Waals surface area contributed by atoms with E-state index in [1.54, 1.807) is 0 Å². The summed E-state index contributed by atoms with van der Waals surface area (Å²) >= 11 is 0. The van der Waals surface area contributed by atoms with Crippen LogP contribution in [0.25, 0.3) is 0 Å². The van der Waals surface area contributed by atoms with Crippen LogP contribution in [0, 0.1) is 29.1 Å². The van der Waals surface area contributed by atoms with Gasteiger partial charge in [-0.15, -0.1) is 0 Å². The van der Waals surface area contributed by atoms with Gasteiger partial charge in [0, 0.05) is 6.04 Å². The molecule has 2 N–H and O–H groups in total. The van der Waals surface area contributed by atoms with E-state index in [-0.39, 0.29) is 35.7 Å². The van der Waals surface area contributed by atoms with Crippen LogP contribution in [0.1, 0.15) is 59.3 Å². The van der Waals surface area contributed by atoms with Crippen molar-refractivity contribution < 1.29 is 14.4 Å². The van der Waals surface area contributed by atoms with Crippen molar-refractivity contribution in [3.63, 3.8) is 0 Å². The van der Waals surface area contributed by atoms with Gasteiger partial charge >= 0.3 is 6.03 Å². The molecule has 0 unspecified atom stereocenters. The van der Waals surface area contributed by atoms with E-state index >= 15 is 0 Å². The zero-order valence-electron chi connectivity index (χ0n) is 16.1. The van der Waals surface area contributed by atoms with Gasteiger partial charge in [0.25, 0.3) is 5.91 Å². The Hall–Kier alpha value is -1.59. The van der Waals surface area contributed by atoms with E-state index in [1.165, 1.54) is 38.5 Å². The van der Waals surface area contributed by atoms with Crippen LogP contribution in [0.5, 0.6) is 0 Å². The minimum Gasteiger partial charge on any atom is -0.352 e.